The zero-order chi connectivity index (χ0) is 20.1. The van der Waals surface area contributed by atoms with Gasteiger partial charge < -0.3 is 14.6 Å². The van der Waals surface area contributed by atoms with Crippen molar-refractivity contribution in [3.05, 3.63) is 64.6 Å². The molecule has 0 saturated carbocycles. The summed E-state index contributed by atoms with van der Waals surface area (Å²) in [4.78, 5) is 35.6. The van der Waals surface area contributed by atoms with Crippen molar-refractivity contribution < 1.29 is 29.0 Å². The van der Waals surface area contributed by atoms with Crippen LogP contribution in [-0.2, 0) is 16.2 Å². The highest BCUT2D eigenvalue weighted by molar-refractivity contribution is 8.18. The number of hydrogen-bond donors (Lipinski definition) is 1. The summed E-state index contributed by atoms with van der Waals surface area (Å²) in [5.74, 6) is -0.396. The van der Waals surface area contributed by atoms with Crippen LogP contribution in [0.2, 0.25) is 0 Å². The zero-order valence-corrected chi connectivity index (χ0v) is 15.8. The third-order valence-corrected chi connectivity index (χ3v) is 4.82. The van der Waals surface area contributed by atoms with Crippen molar-refractivity contribution in [2.24, 2.45) is 0 Å². The molecule has 0 bridgehead atoms. The van der Waals surface area contributed by atoms with Crippen LogP contribution >= 0.6 is 11.8 Å². The van der Waals surface area contributed by atoms with Crippen LogP contribution in [-0.4, -0.2) is 40.8 Å². The predicted molar refractivity (Wildman–Crippen MR) is 104 cm³/mol. The summed E-state index contributed by atoms with van der Waals surface area (Å²) in [6.45, 7) is -0.239. The summed E-state index contributed by atoms with van der Waals surface area (Å²) < 4.78 is 10.8. The molecule has 1 heterocycles. The molecule has 28 heavy (non-hydrogen) atoms. The van der Waals surface area contributed by atoms with Gasteiger partial charge in [-0.1, -0.05) is 24.3 Å². The maximum atomic E-state index is 12.1. The van der Waals surface area contributed by atoms with E-state index in [0.717, 1.165) is 23.1 Å². The number of carboxylic acids is 1. The van der Waals surface area contributed by atoms with Crippen molar-refractivity contribution in [2.75, 3.05) is 13.7 Å². The lowest BCUT2D eigenvalue weighted by atomic mass is 10.2. The average Bonchev–Trinajstić information content (AvgIpc) is 2.95. The first-order chi connectivity index (χ1) is 13.5. The van der Waals surface area contributed by atoms with Gasteiger partial charge in [-0.2, -0.15) is 0 Å². The molecule has 2 amide bonds. The minimum Gasteiger partial charge on any atom is -0.497 e. The Bertz CT molecular complexity index is 921. The molecule has 0 radical (unpaired) electrons. The van der Waals surface area contributed by atoms with E-state index in [0.29, 0.717) is 22.8 Å². The molecule has 1 saturated heterocycles. The molecule has 1 aliphatic rings. The van der Waals surface area contributed by atoms with Gasteiger partial charge in [0, 0.05) is 0 Å². The third-order valence-electron chi connectivity index (χ3n) is 3.91. The zero-order valence-electron chi connectivity index (χ0n) is 15.0. The molecule has 0 spiro atoms. The summed E-state index contributed by atoms with van der Waals surface area (Å²) in [6.07, 6.45) is 1.56. The summed E-state index contributed by atoms with van der Waals surface area (Å²) in [7, 11) is 1.61. The van der Waals surface area contributed by atoms with Crippen LogP contribution in [0.15, 0.2) is 53.4 Å². The fourth-order valence-electron chi connectivity index (χ4n) is 2.47. The fraction of sp³-hybridized carbons (Fsp3) is 0.150. The van der Waals surface area contributed by atoms with E-state index in [1.54, 1.807) is 37.5 Å². The Hall–Kier alpha value is -3.26. The highest BCUT2D eigenvalue weighted by Gasteiger charge is 2.36. The summed E-state index contributed by atoms with van der Waals surface area (Å²) in [6, 6.07) is 14.6. The molecule has 0 aliphatic carbocycles. The van der Waals surface area contributed by atoms with Crippen LogP contribution in [0.25, 0.3) is 6.08 Å². The summed E-state index contributed by atoms with van der Waals surface area (Å²) in [5.41, 5.74) is 1.70. The van der Waals surface area contributed by atoms with Crippen LogP contribution in [0.1, 0.15) is 11.1 Å². The van der Waals surface area contributed by atoms with E-state index in [9.17, 15) is 14.4 Å². The normalized spacial score (nSPS) is 15.2. The number of ether oxygens (including phenoxy) is 2. The van der Waals surface area contributed by atoms with E-state index in [-0.39, 0.29) is 4.91 Å². The quantitative estimate of drug-likeness (QED) is 0.713. The number of aliphatic carboxylic acids is 1. The number of carbonyl (C=O) groups is 3. The lowest BCUT2D eigenvalue weighted by Gasteiger charge is -2.08. The lowest BCUT2D eigenvalue weighted by Crippen LogP contribution is -2.33. The van der Waals surface area contributed by atoms with Gasteiger partial charge >= 0.3 is 5.97 Å². The predicted octanol–water partition coefficient (Wildman–Crippen LogP) is 3.40. The minimum atomic E-state index is -1.23. The van der Waals surface area contributed by atoms with E-state index in [2.05, 4.69) is 0 Å². The number of benzene rings is 2. The molecular weight excluding hydrogens is 382 g/mol. The van der Waals surface area contributed by atoms with Gasteiger partial charge in [-0.05, 0) is 53.2 Å². The van der Waals surface area contributed by atoms with Gasteiger partial charge in [0.25, 0.3) is 11.1 Å². The number of imide groups is 1. The van der Waals surface area contributed by atoms with Gasteiger partial charge in [0.1, 0.15) is 24.7 Å². The molecule has 3 rings (SSSR count). The van der Waals surface area contributed by atoms with Crippen molar-refractivity contribution in [1.29, 1.82) is 0 Å². The van der Waals surface area contributed by atoms with Gasteiger partial charge in [0.05, 0.1) is 12.0 Å². The molecule has 0 unspecified atom stereocenters. The van der Waals surface area contributed by atoms with Crippen LogP contribution in [0.4, 0.5) is 4.79 Å². The highest BCUT2D eigenvalue weighted by atomic mass is 32.2. The molecule has 1 aliphatic heterocycles. The number of carboxylic acid groups (broad SMARTS) is 1. The lowest BCUT2D eigenvalue weighted by molar-refractivity contribution is -0.140. The van der Waals surface area contributed by atoms with Crippen molar-refractivity contribution in [2.45, 2.75) is 6.61 Å². The summed E-state index contributed by atoms with van der Waals surface area (Å²) >= 11 is 0.727. The SMILES string of the molecule is COc1ccc(COc2ccc(C=C3SC(=O)N(CC(=O)O)C3=O)cc2)cc1. The number of hydrogen-bond acceptors (Lipinski definition) is 6. The molecule has 0 aromatic heterocycles. The molecule has 2 aromatic carbocycles. The number of rotatable bonds is 7. The van der Waals surface area contributed by atoms with Gasteiger partial charge in [-0.15, -0.1) is 0 Å². The van der Waals surface area contributed by atoms with Crippen LogP contribution in [0.5, 0.6) is 11.5 Å². The maximum Gasteiger partial charge on any atom is 0.323 e. The number of methoxy groups -OCH3 is 1. The molecular formula is C20H17NO6S. The minimum absolute atomic E-state index is 0.193. The molecule has 1 fully saturated rings. The average molecular weight is 399 g/mol. The monoisotopic (exact) mass is 399 g/mol. The van der Waals surface area contributed by atoms with Gasteiger partial charge in [0.15, 0.2) is 0 Å². The largest absolute Gasteiger partial charge is 0.497 e. The fourth-order valence-corrected chi connectivity index (χ4v) is 3.31. The Labute approximate surface area is 165 Å². The van der Waals surface area contributed by atoms with Crippen LogP contribution in [0.3, 0.4) is 0 Å². The van der Waals surface area contributed by atoms with E-state index in [1.807, 2.05) is 24.3 Å². The Kier molecular flexibility index (Phi) is 6.00. The molecule has 7 nitrogen and oxygen atoms in total. The standard InChI is InChI=1S/C20H17NO6S/c1-26-15-6-4-14(5-7-15)12-27-16-8-2-13(3-9-16)10-17-19(24)21(11-18(22)23)20(25)28-17/h2-10H,11-12H2,1H3,(H,22,23). The first-order valence-electron chi connectivity index (χ1n) is 8.29. The Balaban J connectivity index is 1.62. The van der Waals surface area contributed by atoms with Crippen molar-refractivity contribution in [1.82, 2.24) is 4.90 Å². The van der Waals surface area contributed by atoms with E-state index in [1.165, 1.54) is 0 Å². The van der Waals surface area contributed by atoms with E-state index >= 15 is 0 Å². The van der Waals surface area contributed by atoms with Crippen molar-refractivity contribution in [3.8, 4) is 11.5 Å². The highest BCUT2D eigenvalue weighted by Crippen LogP contribution is 2.32. The smallest absolute Gasteiger partial charge is 0.323 e. The third kappa shape index (κ3) is 4.72. The van der Waals surface area contributed by atoms with E-state index < -0.39 is 23.7 Å². The van der Waals surface area contributed by atoms with Gasteiger partial charge in [-0.3, -0.25) is 19.3 Å². The Morgan fingerprint density at radius 3 is 2.32 bits per heavy atom. The first-order valence-corrected chi connectivity index (χ1v) is 9.11. The maximum absolute atomic E-state index is 12.1. The molecule has 0 atom stereocenters. The van der Waals surface area contributed by atoms with Gasteiger partial charge in [0.2, 0.25) is 0 Å². The van der Waals surface area contributed by atoms with Crippen molar-refractivity contribution in [3.63, 3.8) is 0 Å². The Morgan fingerprint density at radius 1 is 1.07 bits per heavy atom. The second-order valence-electron chi connectivity index (χ2n) is 5.87. The molecule has 144 valence electrons. The topological polar surface area (TPSA) is 93.1 Å². The number of thioether (sulfide) groups is 1. The van der Waals surface area contributed by atoms with Crippen molar-refractivity contribution >= 4 is 35.0 Å². The number of carbonyl (C=O) groups excluding carboxylic acids is 2. The van der Waals surface area contributed by atoms with E-state index in [4.69, 9.17) is 14.6 Å². The van der Waals surface area contributed by atoms with Gasteiger partial charge in [-0.25, -0.2) is 0 Å². The van der Waals surface area contributed by atoms with Crippen LogP contribution in [0, 0.1) is 0 Å². The number of amides is 2. The molecule has 2 aromatic rings. The summed E-state index contributed by atoms with van der Waals surface area (Å²) in [5, 5.41) is 8.19. The molecule has 1 N–H and O–H groups in total. The molecule has 8 heteroatoms. The number of nitrogens with zero attached hydrogens (tertiary/aromatic N) is 1. The Morgan fingerprint density at radius 2 is 1.71 bits per heavy atom. The first kappa shape index (κ1) is 19.5. The second kappa shape index (κ2) is 8.62. The second-order valence-corrected chi connectivity index (χ2v) is 6.86. The van der Waals surface area contributed by atoms with Crippen LogP contribution < -0.4 is 9.47 Å².